The molecule has 0 unspecified atom stereocenters. The van der Waals surface area contributed by atoms with Crippen molar-refractivity contribution in [2.75, 3.05) is 20.1 Å². The molecule has 1 aromatic carbocycles. The predicted molar refractivity (Wildman–Crippen MR) is 86.7 cm³/mol. The monoisotopic (exact) mass is 285 g/mol. The zero-order valence-corrected chi connectivity index (χ0v) is 12.7. The van der Waals surface area contributed by atoms with E-state index in [0.29, 0.717) is 0 Å². The number of hydrogen-bond donors (Lipinski definition) is 2. The third kappa shape index (κ3) is 5.34. The summed E-state index contributed by atoms with van der Waals surface area (Å²) in [4.78, 5) is 4.22. The molecule has 0 aliphatic carbocycles. The number of nitrogens with one attached hydrogen (secondary N) is 2. The largest absolute Gasteiger partial charge is 0.469 e. The molecule has 0 amide bonds. The van der Waals surface area contributed by atoms with Gasteiger partial charge in [0.2, 0.25) is 0 Å². The Hall–Kier alpha value is -2.23. The van der Waals surface area contributed by atoms with Gasteiger partial charge in [-0.25, -0.2) is 0 Å². The lowest BCUT2D eigenvalue weighted by molar-refractivity contribution is 0.507. The molecular weight excluding hydrogens is 262 g/mol. The van der Waals surface area contributed by atoms with E-state index in [2.05, 4.69) is 46.8 Å². The molecule has 2 rings (SSSR count). The van der Waals surface area contributed by atoms with Gasteiger partial charge in [-0.3, -0.25) is 4.99 Å². The molecule has 112 valence electrons. The zero-order valence-electron chi connectivity index (χ0n) is 12.7. The smallest absolute Gasteiger partial charge is 0.191 e. The van der Waals surface area contributed by atoms with Crippen LogP contribution >= 0.6 is 0 Å². The summed E-state index contributed by atoms with van der Waals surface area (Å²) in [6.07, 6.45) is 3.54. The van der Waals surface area contributed by atoms with E-state index in [1.807, 2.05) is 12.1 Å². The highest BCUT2D eigenvalue weighted by Crippen LogP contribution is 2.03. The minimum absolute atomic E-state index is 0.803. The fourth-order valence-electron chi connectivity index (χ4n) is 2.17. The highest BCUT2D eigenvalue weighted by molar-refractivity contribution is 5.79. The number of benzene rings is 1. The van der Waals surface area contributed by atoms with E-state index < -0.39 is 0 Å². The maximum atomic E-state index is 5.30. The number of aliphatic imine (C=N–C) groups is 1. The van der Waals surface area contributed by atoms with Crippen LogP contribution in [0, 0.1) is 6.92 Å². The van der Waals surface area contributed by atoms with Gasteiger partial charge in [-0.1, -0.05) is 29.8 Å². The van der Waals surface area contributed by atoms with Crippen LogP contribution in [0.3, 0.4) is 0 Å². The van der Waals surface area contributed by atoms with Gasteiger partial charge in [-0.05, 0) is 31.0 Å². The molecule has 0 atom stereocenters. The van der Waals surface area contributed by atoms with Crippen molar-refractivity contribution < 1.29 is 4.42 Å². The van der Waals surface area contributed by atoms with Crippen molar-refractivity contribution in [3.63, 3.8) is 0 Å². The lowest BCUT2D eigenvalue weighted by Crippen LogP contribution is -2.39. The molecule has 0 saturated heterocycles. The van der Waals surface area contributed by atoms with Gasteiger partial charge in [-0.2, -0.15) is 0 Å². The molecule has 0 bridgehead atoms. The van der Waals surface area contributed by atoms with Crippen LogP contribution in [0.5, 0.6) is 0 Å². The zero-order chi connectivity index (χ0) is 14.9. The Morgan fingerprint density at radius 2 is 1.90 bits per heavy atom. The molecule has 21 heavy (non-hydrogen) atoms. The first-order valence-corrected chi connectivity index (χ1v) is 7.30. The van der Waals surface area contributed by atoms with Crippen LogP contribution in [0.1, 0.15) is 16.9 Å². The summed E-state index contributed by atoms with van der Waals surface area (Å²) < 4.78 is 5.30. The van der Waals surface area contributed by atoms with Crippen LogP contribution in [-0.4, -0.2) is 26.1 Å². The summed E-state index contributed by atoms with van der Waals surface area (Å²) in [5.74, 6) is 1.81. The Balaban J connectivity index is 1.68. The molecule has 4 heteroatoms. The minimum atomic E-state index is 0.803. The molecule has 1 heterocycles. The topological polar surface area (TPSA) is 49.6 Å². The first kappa shape index (κ1) is 15.2. The van der Waals surface area contributed by atoms with Crippen molar-refractivity contribution in [2.24, 2.45) is 4.99 Å². The third-order valence-electron chi connectivity index (χ3n) is 3.26. The Kier molecular flexibility index (Phi) is 5.88. The number of hydrogen-bond acceptors (Lipinski definition) is 2. The molecule has 0 radical (unpaired) electrons. The SMILES string of the molecule is CN=C(NCCc1cccc(C)c1)NCCc1ccco1. The van der Waals surface area contributed by atoms with E-state index in [-0.39, 0.29) is 0 Å². The van der Waals surface area contributed by atoms with Gasteiger partial charge < -0.3 is 15.1 Å². The summed E-state index contributed by atoms with van der Waals surface area (Å²) in [7, 11) is 1.79. The van der Waals surface area contributed by atoms with Crippen molar-refractivity contribution in [3.05, 3.63) is 59.5 Å². The minimum Gasteiger partial charge on any atom is -0.469 e. The lowest BCUT2D eigenvalue weighted by Gasteiger charge is -2.11. The number of nitrogens with zero attached hydrogens (tertiary/aromatic N) is 1. The van der Waals surface area contributed by atoms with E-state index in [0.717, 1.165) is 37.7 Å². The quantitative estimate of drug-likeness (QED) is 0.633. The molecule has 0 spiro atoms. The average molecular weight is 285 g/mol. The van der Waals surface area contributed by atoms with Crippen molar-refractivity contribution in [1.82, 2.24) is 10.6 Å². The number of guanidine groups is 1. The van der Waals surface area contributed by atoms with E-state index >= 15 is 0 Å². The van der Waals surface area contributed by atoms with Gasteiger partial charge >= 0.3 is 0 Å². The molecule has 2 N–H and O–H groups in total. The number of rotatable bonds is 6. The van der Waals surface area contributed by atoms with Gasteiger partial charge in [0.1, 0.15) is 5.76 Å². The van der Waals surface area contributed by atoms with Crippen molar-refractivity contribution >= 4 is 5.96 Å². The third-order valence-corrected chi connectivity index (χ3v) is 3.26. The van der Waals surface area contributed by atoms with Crippen LogP contribution in [0.25, 0.3) is 0 Å². The normalized spacial score (nSPS) is 11.4. The van der Waals surface area contributed by atoms with Gasteiger partial charge in [0.05, 0.1) is 6.26 Å². The molecule has 0 aliphatic heterocycles. The lowest BCUT2D eigenvalue weighted by atomic mass is 10.1. The van der Waals surface area contributed by atoms with Crippen LogP contribution in [0.4, 0.5) is 0 Å². The van der Waals surface area contributed by atoms with E-state index in [4.69, 9.17) is 4.42 Å². The second-order valence-corrected chi connectivity index (χ2v) is 4.99. The first-order valence-electron chi connectivity index (χ1n) is 7.30. The van der Waals surface area contributed by atoms with Crippen LogP contribution < -0.4 is 10.6 Å². The summed E-state index contributed by atoms with van der Waals surface area (Å²) in [5, 5.41) is 6.61. The fraction of sp³-hybridized carbons (Fsp3) is 0.353. The number of aryl methyl sites for hydroxylation is 1. The molecule has 0 fully saturated rings. The average Bonchev–Trinajstić information content (AvgIpc) is 2.99. The molecule has 1 aromatic heterocycles. The van der Waals surface area contributed by atoms with E-state index in [1.165, 1.54) is 11.1 Å². The highest BCUT2D eigenvalue weighted by Gasteiger charge is 2.00. The van der Waals surface area contributed by atoms with Crippen LogP contribution in [0.15, 0.2) is 52.1 Å². The summed E-state index contributed by atoms with van der Waals surface area (Å²) in [5.41, 5.74) is 2.64. The first-order chi connectivity index (χ1) is 10.3. The van der Waals surface area contributed by atoms with Gasteiger partial charge in [0.25, 0.3) is 0 Å². The Morgan fingerprint density at radius 3 is 2.57 bits per heavy atom. The van der Waals surface area contributed by atoms with Gasteiger partial charge in [-0.15, -0.1) is 0 Å². The van der Waals surface area contributed by atoms with Crippen LogP contribution in [0.2, 0.25) is 0 Å². The molecule has 0 saturated carbocycles. The molecule has 2 aromatic rings. The van der Waals surface area contributed by atoms with E-state index in [1.54, 1.807) is 13.3 Å². The van der Waals surface area contributed by atoms with E-state index in [9.17, 15) is 0 Å². The maximum absolute atomic E-state index is 5.30. The summed E-state index contributed by atoms with van der Waals surface area (Å²) in [6.45, 7) is 3.79. The number of furan rings is 1. The van der Waals surface area contributed by atoms with Gasteiger partial charge in [0, 0.05) is 26.6 Å². The second kappa shape index (κ2) is 8.15. The van der Waals surface area contributed by atoms with Crippen molar-refractivity contribution in [2.45, 2.75) is 19.8 Å². The molecule has 0 aliphatic rings. The van der Waals surface area contributed by atoms with Gasteiger partial charge in [0.15, 0.2) is 5.96 Å². The Morgan fingerprint density at radius 1 is 1.10 bits per heavy atom. The summed E-state index contributed by atoms with van der Waals surface area (Å²) in [6, 6.07) is 12.5. The standard InChI is InChI=1S/C17H23N3O/c1-14-5-3-6-15(13-14)8-10-19-17(18-2)20-11-9-16-7-4-12-21-16/h3-7,12-13H,8-11H2,1-2H3,(H2,18,19,20). The predicted octanol–water partition coefficient (Wildman–Crippen LogP) is 2.54. The Bertz CT molecular complexity index is 561. The fourth-order valence-corrected chi connectivity index (χ4v) is 2.17. The van der Waals surface area contributed by atoms with Crippen molar-refractivity contribution in [3.8, 4) is 0 Å². The Labute approximate surface area is 126 Å². The summed E-state index contributed by atoms with van der Waals surface area (Å²) >= 11 is 0. The maximum Gasteiger partial charge on any atom is 0.191 e. The van der Waals surface area contributed by atoms with Crippen molar-refractivity contribution in [1.29, 1.82) is 0 Å². The molecule has 4 nitrogen and oxygen atoms in total. The van der Waals surface area contributed by atoms with Crippen LogP contribution in [-0.2, 0) is 12.8 Å². The highest BCUT2D eigenvalue weighted by atomic mass is 16.3. The molecular formula is C17H23N3O. The second-order valence-electron chi connectivity index (χ2n) is 4.99.